The molecule has 0 aliphatic rings. The van der Waals surface area contributed by atoms with Crippen LogP contribution in [-0.2, 0) is 10.0 Å². The van der Waals surface area contributed by atoms with E-state index < -0.39 is 15.8 Å². The van der Waals surface area contributed by atoms with Crippen LogP contribution in [0.4, 0.5) is 15.8 Å². The molecule has 0 saturated carbocycles. The maximum absolute atomic E-state index is 13.7. The molecule has 0 radical (unpaired) electrons. The smallest absolute Gasteiger partial charge is 0.262 e. The number of sulfonamides is 1. The summed E-state index contributed by atoms with van der Waals surface area (Å²) in [5.74, 6) is -0.642. The van der Waals surface area contributed by atoms with E-state index in [1.165, 1.54) is 13.0 Å². The Morgan fingerprint density at radius 3 is 2.43 bits per heavy atom. The molecule has 4 nitrogen and oxygen atoms in total. The van der Waals surface area contributed by atoms with Gasteiger partial charge in [-0.25, -0.2) is 12.8 Å². The Hall–Kier alpha value is -2.08. The van der Waals surface area contributed by atoms with Gasteiger partial charge in [-0.05, 0) is 50.1 Å². The van der Waals surface area contributed by atoms with Gasteiger partial charge in [0.25, 0.3) is 10.0 Å². The summed E-state index contributed by atoms with van der Waals surface area (Å²) in [6.45, 7) is 5.07. The van der Waals surface area contributed by atoms with Crippen LogP contribution < -0.4 is 10.5 Å². The van der Waals surface area contributed by atoms with Crippen LogP contribution in [0.15, 0.2) is 35.2 Å². The summed E-state index contributed by atoms with van der Waals surface area (Å²) in [5, 5.41) is 0. The van der Waals surface area contributed by atoms with Crippen LogP contribution in [0.1, 0.15) is 16.7 Å². The summed E-state index contributed by atoms with van der Waals surface area (Å²) in [6.07, 6.45) is 0. The number of hydrogen-bond donors (Lipinski definition) is 2. The second kappa shape index (κ2) is 5.37. The Kier molecular flexibility index (Phi) is 3.91. The summed E-state index contributed by atoms with van der Waals surface area (Å²) in [7, 11) is -3.90. The van der Waals surface area contributed by atoms with Crippen LogP contribution >= 0.6 is 0 Å². The van der Waals surface area contributed by atoms with Crippen molar-refractivity contribution in [3.63, 3.8) is 0 Å². The van der Waals surface area contributed by atoms with Crippen LogP contribution in [0, 0.1) is 26.6 Å². The van der Waals surface area contributed by atoms with Crippen LogP contribution in [0.2, 0.25) is 0 Å². The lowest BCUT2D eigenvalue weighted by Crippen LogP contribution is -2.16. The zero-order valence-corrected chi connectivity index (χ0v) is 12.9. The van der Waals surface area contributed by atoms with Crippen molar-refractivity contribution in [2.75, 3.05) is 10.5 Å². The molecule has 0 unspecified atom stereocenters. The standard InChI is InChI=1S/C15H17FN2O2S/c1-9-4-5-10(2)14(6-9)18-21(19,20)15-8-12(17)7-13(16)11(15)3/h4-8,18H,17H2,1-3H3. The molecule has 2 aromatic rings. The van der Waals surface area contributed by atoms with E-state index in [1.54, 1.807) is 13.0 Å². The number of nitrogens with two attached hydrogens (primary N) is 1. The molecule has 0 bridgehead atoms. The fraction of sp³-hybridized carbons (Fsp3) is 0.200. The first kappa shape index (κ1) is 15.3. The van der Waals surface area contributed by atoms with Gasteiger partial charge in [-0.15, -0.1) is 0 Å². The number of hydrogen-bond acceptors (Lipinski definition) is 3. The van der Waals surface area contributed by atoms with E-state index in [4.69, 9.17) is 5.73 Å². The van der Waals surface area contributed by atoms with Gasteiger partial charge in [0, 0.05) is 11.3 Å². The summed E-state index contributed by atoms with van der Waals surface area (Å²) >= 11 is 0. The third-order valence-corrected chi connectivity index (χ3v) is 4.74. The first-order chi connectivity index (χ1) is 9.70. The molecule has 6 heteroatoms. The van der Waals surface area contributed by atoms with Gasteiger partial charge < -0.3 is 5.73 Å². The van der Waals surface area contributed by atoms with E-state index in [2.05, 4.69) is 4.72 Å². The maximum atomic E-state index is 13.7. The van der Waals surface area contributed by atoms with Crippen molar-refractivity contribution in [2.24, 2.45) is 0 Å². The van der Waals surface area contributed by atoms with Crippen LogP contribution in [0.25, 0.3) is 0 Å². The molecular weight excluding hydrogens is 291 g/mol. The fourth-order valence-corrected chi connectivity index (χ4v) is 3.41. The molecule has 3 N–H and O–H groups in total. The molecule has 2 aromatic carbocycles. The summed E-state index contributed by atoms with van der Waals surface area (Å²) in [6, 6.07) is 7.79. The van der Waals surface area contributed by atoms with Crippen molar-refractivity contribution in [1.29, 1.82) is 0 Å². The van der Waals surface area contributed by atoms with Gasteiger partial charge in [-0.2, -0.15) is 0 Å². The Balaban J connectivity index is 2.51. The lowest BCUT2D eigenvalue weighted by Gasteiger charge is -2.14. The third kappa shape index (κ3) is 3.16. The predicted octanol–water partition coefficient (Wildman–Crippen LogP) is 3.13. The second-order valence-electron chi connectivity index (χ2n) is 5.05. The van der Waals surface area contributed by atoms with Crippen molar-refractivity contribution in [3.05, 3.63) is 52.8 Å². The molecule has 0 fully saturated rings. The Labute approximate surface area is 123 Å². The van der Waals surface area contributed by atoms with Crippen LogP contribution in [-0.4, -0.2) is 8.42 Å². The SMILES string of the molecule is Cc1ccc(C)c(NS(=O)(=O)c2cc(N)cc(F)c2C)c1. The number of rotatable bonds is 3. The zero-order chi connectivity index (χ0) is 15.8. The minimum absolute atomic E-state index is 0.0435. The highest BCUT2D eigenvalue weighted by Gasteiger charge is 2.20. The molecule has 112 valence electrons. The number of nitrogen functional groups attached to an aromatic ring is 1. The number of halogens is 1. The van der Waals surface area contributed by atoms with Crippen molar-refractivity contribution < 1.29 is 12.8 Å². The Bertz CT molecular complexity index is 802. The topological polar surface area (TPSA) is 72.2 Å². The molecule has 2 rings (SSSR count). The number of aryl methyl sites for hydroxylation is 2. The summed E-state index contributed by atoms with van der Waals surface area (Å²) < 4.78 is 41.1. The second-order valence-corrected chi connectivity index (χ2v) is 6.70. The monoisotopic (exact) mass is 308 g/mol. The van der Waals surface area contributed by atoms with E-state index in [-0.39, 0.29) is 16.1 Å². The van der Waals surface area contributed by atoms with Gasteiger partial charge in [-0.1, -0.05) is 12.1 Å². The molecule has 0 spiro atoms. The van der Waals surface area contributed by atoms with Gasteiger partial charge in [0.2, 0.25) is 0 Å². The quantitative estimate of drug-likeness (QED) is 0.856. The van der Waals surface area contributed by atoms with Crippen molar-refractivity contribution in [1.82, 2.24) is 0 Å². The lowest BCUT2D eigenvalue weighted by molar-refractivity contribution is 0.591. The van der Waals surface area contributed by atoms with Crippen LogP contribution in [0.5, 0.6) is 0 Å². The molecule has 0 aliphatic heterocycles. The highest BCUT2D eigenvalue weighted by Crippen LogP contribution is 2.25. The van der Waals surface area contributed by atoms with Gasteiger partial charge in [-0.3, -0.25) is 4.72 Å². The lowest BCUT2D eigenvalue weighted by atomic mass is 10.1. The van der Waals surface area contributed by atoms with E-state index in [0.29, 0.717) is 5.69 Å². The summed E-state index contributed by atoms with van der Waals surface area (Å²) in [4.78, 5) is -0.152. The fourth-order valence-electron chi connectivity index (χ4n) is 2.00. The number of benzene rings is 2. The highest BCUT2D eigenvalue weighted by molar-refractivity contribution is 7.92. The molecule has 21 heavy (non-hydrogen) atoms. The maximum Gasteiger partial charge on any atom is 0.262 e. The number of nitrogens with one attached hydrogen (secondary N) is 1. The summed E-state index contributed by atoms with van der Waals surface area (Å²) in [5.41, 5.74) is 7.83. The van der Waals surface area contributed by atoms with Gasteiger partial charge in [0.15, 0.2) is 0 Å². The molecule has 0 atom stereocenters. The molecular formula is C15H17FN2O2S. The zero-order valence-electron chi connectivity index (χ0n) is 12.1. The average molecular weight is 308 g/mol. The van der Waals surface area contributed by atoms with Crippen molar-refractivity contribution in [2.45, 2.75) is 25.7 Å². The van der Waals surface area contributed by atoms with E-state index in [9.17, 15) is 12.8 Å². The van der Waals surface area contributed by atoms with E-state index in [0.717, 1.165) is 17.2 Å². The normalized spacial score (nSPS) is 11.4. The largest absolute Gasteiger partial charge is 0.399 e. The van der Waals surface area contributed by atoms with E-state index in [1.807, 2.05) is 19.1 Å². The Morgan fingerprint density at radius 2 is 1.76 bits per heavy atom. The minimum Gasteiger partial charge on any atom is -0.399 e. The first-order valence-corrected chi connectivity index (χ1v) is 7.85. The van der Waals surface area contributed by atoms with Gasteiger partial charge >= 0.3 is 0 Å². The van der Waals surface area contributed by atoms with Gasteiger partial charge in [0.1, 0.15) is 5.82 Å². The van der Waals surface area contributed by atoms with Gasteiger partial charge in [0.05, 0.1) is 10.6 Å². The third-order valence-electron chi connectivity index (χ3n) is 3.25. The average Bonchev–Trinajstić information content (AvgIpc) is 2.37. The van der Waals surface area contributed by atoms with Crippen LogP contribution in [0.3, 0.4) is 0 Å². The molecule has 0 saturated heterocycles. The minimum atomic E-state index is -3.90. The highest BCUT2D eigenvalue weighted by atomic mass is 32.2. The van der Waals surface area contributed by atoms with Crippen molar-refractivity contribution in [3.8, 4) is 0 Å². The Morgan fingerprint density at radius 1 is 1.10 bits per heavy atom. The molecule has 0 aromatic heterocycles. The molecule has 0 aliphatic carbocycles. The number of anilines is 2. The van der Waals surface area contributed by atoms with E-state index >= 15 is 0 Å². The predicted molar refractivity (Wildman–Crippen MR) is 82.3 cm³/mol. The first-order valence-electron chi connectivity index (χ1n) is 6.36. The molecule has 0 amide bonds. The molecule has 0 heterocycles. The van der Waals surface area contributed by atoms with Crippen molar-refractivity contribution >= 4 is 21.4 Å².